The largest absolute Gasteiger partial charge is 0.491 e. The molecule has 0 amide bonds. The Morgan fingerprint density at radius 2 is 1.00 bits per heavy atom. The van der Waals surface area contributed by atoms with Gasteiger partial charge in [-0.15, -0.1) is 0 Å². The summed E-state index contributed by atoms with van der Waals surface area (Å²) in [7, 11) is 0. The van der Waals surface area contributed by atoms with Crippen molar-refractivity contribution in [3.05, 3.63) is 66.7 Å². The maximum absolute atomic E-state index is 6.09. The van der Waals surface area contributed by atoms with Gasteiger partial charge in [-0.25, -0.2) is 0 Å². The van der Waals surface area contributed by atoms with E-state index in [-0.39, 0.29) is 18.3 Å². The summed E-state index contributed by atoms with van der Waals surface area (Å²) in [6, 6.07) is 22.7. The van der Waals surface area contributed by atoms with Crippen LogP contribution < -0.4 is 14.2 Å². The van der Waals surface area contributed by atoms with E-state index in [0.29, 0.717) is 19.8 Å². The first kappa shape index (κ1) is 20.5. The zero-order chi connectivity index (χ0) is 22.0. The molecule has 3 aromatic rings. The van der Waals surface area contributed by atoms with Crippen molar-refractivity contribution in [1.82, 2.24) is 0 Å². The molecule has 3 saturated heterocycles. The van der Waals surface area contributed by atoms with E-state index in [9.17, 15) is 0 Å². The lowest BCUT2D eigenvalue weighted by Gasteiger charge is -2.14. The molecule has 6 rings (SSSR count). The van der Waals surface area contributed by atoms with Gasteiger partial charge in [0.2, 0.25) is 0 Å². The van der Waals surface area contributed by atoms with Gasteiger partial charge in [-0.3, -0.25) is 0 Å². The number of hydrogen-bond donors (Lipinski definition) is 0. The molecule has 0 bridgehead atoms. The second-order valence-corrected chi connectivity index (χ2v) is 8.56. The summed E-state index contributed by atoms with van der Waals surface area (Å²) in [5.74, 6) is 2.45. The Bertz CT molecular complexity index is 1080. The normalized spacial score (nSPS) is 22.5. The molecule has 3 heterocycles. The average molecular weight is 446 g/mol. The highest BCUT2D eigenvalue weighted by molar-refractivity contribution is 5.75. The molecule has 0 radical (unpaired) electrons. The van der Waals surface area contributed by atoms with Crippen molar-refractivity contribution in [2.45, 2.75) is 18.3 Å². The summed E-state index contributed by atoms with van der Waals surface area (Å²) in [5, 5.41) is 0. The Morgan fingerprint density at radius 3 is 1.58 bits per heavy atom. The Kier molecular flexibility index (Phi) is 5.64. The van der Waals surface area contributed by atoms with E-state index >= 15 is 0 Å². The van der Waals surface area contributed by atoms with E-state index in [4.69, 9.17) is 28.4 Å². The second kappa shape index (κ2) is 9.06. The van der Waals surface area contributed by atoms with Gasteiger partial charge in [0.05, 0.1) is 19.8 Å². The van der Waals surface area contributed by atoms with Crippen LogP contribution in [0, 0.1) is 0 Å². The molecule has 6 nitrogen and oxygen atoms in total. The molecular formula is C27H26O6. The first-order chi connectivity index (χ1) is 16.3. The van der Waals surface area contributed by atoms with Crippen molar-refractivity contribution in [2.75, 3.05) is 39.6 Å². The summed E-state index contributed by atoms with van der Waals surface area (Å²) in [6.07, 6.45) is 0.665. The first-order valence-electron chi connectivity index (χ1n) is 11.4. The molecule has 3 aromatic carbocycles. The van der Waals surface area contributed by atoms with Gasteiger partial charge in [0.25, 0.3) is 0 Å². The number of benzene rings is 3. The van der Waals surface area contributed by atoms with Crippen molar-refractivity contribution < 1.29 is 28.4 Å². The molecule has 0 N–H and O–H groups in total. The summed E-state index contributed by atoms with van der Waals surface area (Å²) < 4.78 is 33.4. The molecule has 170 valence electrons. The smallest absolute Gasteiger partial charge is 0.130 e. The number of epoxide rings is 3. The predicted octanol–water partition coefficient (Wildman–Crippen LogP) is 4.35. The average Bonchev–Trinajstić information content (AvgIpc) is 3.71. The lowest BCUT2D eigenvalue weighted by Crippen LogP contribution is -2.07. The van der Waals surface area contributed by atoms with Crippen LogP contribution >= 0.6 is 0 Å². The molecule has 3 aliphatic heterocycles. The highest BCUT2D eigenvalue weighted by Gasteiger charge is 2.25. The lowest BCUT2D eigenvalue weighted by molar-refractivity contribution is 0.253. The predicted molar refractivity (Wildman–Crippen MR) is 123 cm³/mol. The molecule has 0 aromatic heterocycles. The van der Waals surface area contributed by atoms with Crippen LogP contribution in [0.4, 0.5) is 0 Å². The van der Waals surface area contributed by atoms with Crippen LogP contribution in [0.5, 0.6) is 17.2 Å². The maximum atomic E-state index is 6.09. The molecule has 0 saturated carbocycles. The molecule has 3 atom stereocenters. The van der Waals surface area contributed by atoms with Crippen molar-refractivity contribution >= 4 is 0 Å². The van der Waals surface area contributed by atoms with Gasteiger partial charge in [0, 0.05) is 11.6 Å². The zero-order valence-corrected chi connectivity index (χ0v) is 18.3. The minimum absolute atomic E-state index is 0.188. The molecule has 0 spiro atoms. The highest BCUT2D eigenvalue weighted by Crippen LogP contribution is 2.35. The van der Waals surface area contributed by atoms with E-state index in [0.717, 1.165) is 59.3 Å². The Hall–Kier alpha value is -3.06. The van der Waals surface area contributed by atoms with E-state index in [1.54, 1.807) is 0 Å². The molecular weight excluding hydrogens is 420 g/mol. The standard InChI is InChI=1S/C27H26O6/c1-3-20(4-2-18(1)19-5-7-21(8-6-19)28-12-23-14-30-23)26-10-9-22(29-13-24-15-31-24)11-27(26)33-17-25-16-32-25/h1-11,23-25H,12-17H2. The summed E-state index contributed by atoms with van der Waals surface area (Å²) in [5.41, 5.74) is 4.41. The Morgan fingerprint density at radius 1 is 0.545 bits per heavy atom. The SMILES string of the molecule is c1cc(-c2ccc(-c3ccc(OCC4CO4)cc3OCC3CO3)cc2)ccc1OCC1CO1. The molecule has 33 heavy (non-hydrogen) atoms. The highest BCUT2D eigenvalue weighted by atomic mass is 16.6. The minimum Gasteiger partial charge on any atom is -0.491 e. The van der Waals surface area contributed by atoms with Gasteiger partial charge < -0.3 is 28.4 Å². The van der Waals surface area contributed by atoms with Crippen LogP contribution in [0.15, 0.2) is 66.7 Å². The summed E-state index contributed by atoms with van der Waals surface area (Å²) in [6.45, 7) is 4.06. The minimum atomic E-state index is 0.188. The summed E-state index contributed by atoms with van der Waals surface area (Å²) in [4.78, 5) is 0. The third kappa shape index (κ3) is 5.47. The fourth-order valence-electron chi connectivity index (χ4n) is 3.59. The second-order valence-electron chi connectivity index (χ2n) is 8.56. The molecule has 3 aliphatic rings. The van der Waals surface area contributed by atoms with E-state index in [1.165, 1.54) is 0 Å². The van der Waals surface area contributed by atoms with Crippen LogP contribution in [0.2, 0.25) is 0 Å². The topological polar surface area (TPSA) is 65.3 Å². The van der Waals surface area contributed by atoms with Crippen LogP contribution in [-0.2, 0) is 14.2 Å². The van der Waals surface area contributed by atoms with Crippen molar-refractivity contribution in [1.29, 1.82) is 0 Å². The molecule has 0 aliphatic carbocycles. The fraction of sp³-hybridized carbons (Fsp3) is 0.333. The number of ether oxygens (including phenoxy) is 6. The van der Waals surface area contributed by atoms with Gasteiger partial charge in [-0.05, 0) is 41.0 Å². The maximum Gasteiger partial charge on any atom is 0.130 e. The van der Waals surface area contributed by atoms with Gasteiger partial charge >= 0.3 is 0 Å². The van der Waals surface area contributed by atoms with E-state index in [1.807, 2.05) is 24.3 Å². The van der Waals surface area contributed by atoms with Gasteiger partial charge in [0.1, 0.15) is 55.4 Å². The zero-order valence-electron chi connectivity index (χ0n) is 18.3. The van der Waals surface area contributed by atoms with Crippen molar-refractivity contribution in [3.8, 4) is 39.5 Å². The van der Waals surface area contributed by atoms with Crippen LogP contribution in [-0.4, -0.2) is 58.0 Å². The third-order valence-corrected chi connectivity index (χ3v) is 5.84. The molecule has 6 heteroatoms. The Labute approximate surface area is 192 Å². The first-order valence-corrected chi connectivity index (χ1v) is 11.4. The summed E-state index contributed by atoms with van der Waals surface area (Å²) >= 11 is 0. The van der Waals surface area contributed by atoms with Gasteiger partial charge in [-0.1, -0.05) is 36.4 Å². The van der Waals surface area contributed by atoms with Crippen LogP contribution in [0.25, 0.3) is 22.3 Å². The van der Waals surface area contributed by atoms with Crippen LogP contribution in [0.3, 0.4) is 0 Å². The van der Waals surface area contributed by atoms with E-state index in [2.05, 4.69) is 42.5 Å². The molecule has 3 unspecified atom stereocenters. The van der Waals surface area contributed by atoms with Crippen molar-refractivity contribution in [3.63, 3.8) is 0 Å². The number of hydrogen-bond acceptors (Lipinski definition) is 6. The third-order valence-electron chi connectivity index (χ3n) is 5.84. The fourth-order valence-corrected chi connectivity index (χ4v) is 3.59. The van der Waals surface area contributed by atoms with Gasteiger partial charge in [-0.2, -0.15) is 0 Å². The monoisotopic (exact) mass is 446 g/mol. The molecule has 3 fully saturated rings. The Balaban J connectivity index is 1.17. The van der Waals surface area contributed by atoms with Crippen molar-refractivity contribution in [2.24, 2.45) is 0 Å². The number of rotatable bonds is 11. The van der Waals surface area contributed by atoms with Crippen LogP contribution in [0.1, 0.15) is 0 Å². The van der Waals surface area contributed by atoms with E-state index < -0.39 is 0 Å². The van der Waals surface area contributed by atoms with Gasteiger partial charge in [0.15, 0.2) is 0 Å². The quantitative estimate of drug-likeness (QED) is 0.408. The lowest BCUT2D eigenvalue weighted by atomic mass is 9.99.